The summed E-state index contributed by atoms with van der Waals surface area (Å²) in [6.45, 7) is 8.23. The Morgan fingerprint density at radius 2 is 2.05 bits per heavy atom. The third-order valence-electron chi connectivity index (χ3n) is 3.33. The molecule has 0 aliphatic carbocycles. The lowest BCUT2D eigenvalue weighted by atomic mass is 10.2. The molecule has 20 heavy (non-hydrogen) atoms. The van der Waals surface area contributed by atoms with Gasteiger partial charge in [-0.15, -0.1) is 0 Å². The molecule has 0 aromatic rings. The molecule has 0 spiro atoms. The van der Waals surface area contributed by atoms with E-state index in [0.29, 0.717) is 0 Å². The molecular formula is C15H25N3O2. The monoisotopic (exact) mass is 279 g/mol. The van der Waals surface area contributed by atoms with Gasteiger partial charge in [-0.2, -0.15) is 0 Å². The number of rotatable bonds is 7. The van der Waals surface area contributed by atoms with Gasteiger partial charge < -0.3 is 14.6 Å². The Kier molecular flexibility index (Phi) is 7.84. The van der Waals surface area contributed by atoms with Gasteiger partial charge in [-0.3, -0.25) is 9.69 Å². The van der Waals surface area contributed by atoms with Crippen LogP contribution in [0, 0.1) is 0 Å². The van der Waals surface area contributed by atoms with Crippen LogP contribution >= 0.6 is 0 Å². The van der Waals surface area contributed by atoms with Crippen LogP contribution in [0.4, 0.5) is 0 Å². The van der Waals surface area contributed by atoms with Crippen LogP contribution in [-0.4, -0.2) is 75.4 Å². The van der Waals surface area contributed by atoms with Crippen molar-refractivity contribution in [2.45, 2.75) is 6.42 Å². The number of aliphatic imine (C=N–C) groups is 1. The van der Waals surface area contributed by atoms with Crippen molar-refractivity contribution in [3.8, 4) is 0 Å². The van der Waals surface area contributed by atoms with Crippen LogP contribution in [0.2, 0.25) is 0 Å². The summed E-state index contributed by atoms with van der Waals surface area (Å²) >= 11 is 0. The molecule has 0 N–H and O–H groups in total. The molecule has 1 fully saturated rings. The zero-order valence-corrected chi connectivity index (χ0v) is 12.5. The van der Waals surface area contributed by atoms with Gasteiger partial charge in [-0.05, 0) is 5.57 Å². The van der Waals surface area contributed by atoms with Crippen molar-refractivity contribution in [3.63, 3.8) is 0 Å². The first kappa shape index (κ1) is 16.6. The highest BCUT2D eigenvalue weighted by atomic mass is 16.5. The number of piperazine rings is 1. The minimum Gasteiger partial charge on any atom is -0.375 e. The number of hydrogen-bond acceptors (Lipinski definition) is 4. The summed E-state index contributed by atoms with van der Waals surface area (Å²) in [6, 6.07) is 0. The van der Waals surface area contributed by atoms with Crippen molar-refractivity contribution >= 4 is 12.1 Å². The summed E-state index contributed by atoms with van der Waals surface area (Å²) in [6.07, 6.45) is 6.75. The normalized spacial score (nSPS) is 17.7. The Labute approximate surface area is 121 Å². The molecule has 0 saturated carbocycles. The second kappa shape index (κ2) is 9.44. The maximum absolute atomic E-state index is 11.7. The van der Waals surface area contributed by atoms with Crippen molar-refractivity contribution in [2.24, 2.45) is 4.99 Å². The molecule has 0 aromatic heterocycles. The first-order chi connectivity index (χ1) is 9.71. The number of nitrogens with zero attached hydrogens (tertiary/aromatic N) is 3. The van der Waals surface area contributed by atoms with Crippen LogP contribution in [0.5, 0.6) is 0 Å². The van der Waals surface area contributed by atoms with E-state index in [9.17, 15) is 4.79 Å². The standard InChI is InChI=1S/C15H25N3O2/c1-4-14(6-5-7-16-2)12-17-8-10-18(11-9-17)15(19)13-20-3/h4,6-7H,1,5,8-13H2,2-3H3/b14-6-,16-7-. The molecule has 0 radical (unpaired) electrons. The third kappa shape index (κ3) is 5.67. The van der Waals surface area contributed by atoms with Crippen LogP contribution < -0.4 is 0 Å². The molecule has 1 heterocycles. The third-order valence-corrected chi connectivity index (χ3v) is 3.33. The Balaban J connectivity index is 2.39. The fourth-order valence-corrected chi connectivity index (χ4v) is 2.15. The summed E-state index contributed by atoms with van der Waals surface area (Å²) in [4.78, 5) is 19.9. The highest BCUT2D eigenvalue weighted by molar-refractivity contribution is 5.77. The predicted octanol–water partition coefficient (Wildman–Crippen LogP) is 0.980. The van der Waals surface area contributed by atoms with Crippen LogP contribution in [0.3, 0.4) is 0 Å². The SMILES string of the molecule is C=C/C(=C/C/C=N\C)CN1CCN(C(=O)COC)CC1. The highest BCUT2D eigenvalue weighted by Crippen LogP contribution is 2.07. The van der Waals surface area contributed by atoms with Crippen molar-refractivity contribution in [1.29, 1.82) is 0 Å². The molecular weight excluding hydrogens is 254 g/mol. The Morgan fingerprint density at radius 1 is 1.35 bits per heavy atom. The topological polar surface area (TPSA) is 45.1 Å². The van der Waals surface area contributed by atoms with Gasteiger partial charge in [0.05, 0.1) is 0 Å². The van der Waals surface area contributed by atoms with Crippen molar-refractivity contribution in [1.82, 2.24) is 9.80 Å². The van der Waals surface area contributed by atoms with Crippen molar-refractivity contribution in [2.75, 3.05) is 53.5 Å². The van der Waals surface area contributed by atoms with Gasteiger partial charge >= 0.3 is 0 Å². The molecule has 1 aliphatic rings. The van der Waals surface area contributed by atoms with Gasteiger partial charge in [0.1, 0.15) is 6.61 Å². The van der Waals surface area contributed by atoms with Crippen LogP contribution in [0.1, 0.15) is 6.42 Å². The summed E-state index contributed by atoms with van der Waals surface area (Å²) in [5, 5.41) is 0. The minimum atomic E-state index is 0.0748. The van der Waals surface area contributed by atoms with Gasteiger partial charge in [0, 0.05) is 59.5 Å². The largest absolute Gasteiger partial charge is 0.375 e. The average Bonchev–Trinajstić information content (AvgIpc) is 2.47. The fraction of sp³-hybridized carbons (Fsp3) is 0.600. The summed E-state index contributed by atoms with van der Waals surface area (Å²) in [5.74, 6) is 0.0748. The quantitative estimate of drug-likeness (QED) is 0.515. The highest BCUT2D eigenvalue weighted by Gasteiger charge is 2.20. The lowest BCUT2D eigenvalue weighted by Gasteiger charge is -2.34. The molecule has 5 heteroatoms. The van der Waals surface area contributed by atoms with Crippen molar-refractivity contribution in [3.05, 3.63) is 24.3 Å². The molecule has 1 amide bonds. The number of methoxy groups -OCH3 is 1. The van der Waals surface area contributed by atoms with E-state index >= 15 is 0 Å². The van der Waals surface area contributed by atoms with Gasteiger partial charge in [0.2, 0.25) is 5.91 Å². The van der Waals surface area contributed by atoms with Crippen LogP contribution in [0.25, 0.3) is 0 Å². The second-order valence-corrected chi connectivity index (χ2v) is 4.75. The van der Waals surface area contributed by atoms with Crippen LogP contribution in [-0.2, 0) is 9.53 Å². The van der Waals surface area contributed by atoms with E-state index in [1.165, 1.54) is 5.57 Å². The fourth-order valence-electron chi connectivity index (χ4n) is 2.15. The minimum absolute atomic E-state index is 0.0748. The molecule has 1 rings (SSSR count). The van der Waals surface area contributed by atoms with Gasteiger partial charge in [-0.1, -0.05) is 18.7 Å². The second-order valence-electron chi connectivity index (χ2n) is 4.75. The molecule has 0 bridgehead atoms. The van der Waals surface area contributed by atoms with Gasteiger partial charge in [0.15, 0.2) is 0 Å². The van der Waals surface area contributed by atoms with Gasteiger partial charge in [-0.25, -0.2) is 0 Å². The van der Waals surface area contributed by atoms with E-state index in [0.717, 1.165) is 39.1 Å². The number of ether oxygens (including phenoxy) is 1. The Morgan fingerprint density at radius 3 is 2.60 bits per heavy atom. The molecule has 0 aromatic carbocycles. The van der Waals surface area contributed by atoms with E-state index < -0.39 is 0 Å². The number of hydrogen-bond donors (Lipinski definition) is 0. The Hall–Kier alpha value is -1.46. The maximum atomic E-state index is 11.7. The molecule has 5 nitrogen and oxygen atoms in total. The lowest BCUT2D eigenvalue weighted by Crippen LogP contribution is -2.49. The van der Waals surface area contributed by atoms with Gasteiger partial charge in [0.25, 0.3) is 0 Å². The van der Waals surface area contributed by atoms with Crippen LogP contribution in [0.15, 0.2) is 29.3 Å². The zero-order chi connectivity index (χ0) is 14.8. The zero-order valence-electron chi connectivity index (χ0n) is 12.5. The molecule has 1 aliphatic heterocycles. The Bertz CT molecular complexity index is 369. The molecule has 0 unspecified atom stereocenters. The first-order valence-corrected chi connectivity index (χ1v) is 6.92. The number of carbonyl (C=O) groups excluding carboxylic acids is 1. The number of carbonyl (C=O) groups is 1. The van der Waals surface area contributed by atoms with E-state index in [1.54, 1.807) is 14.2 Å². The maximum Gasteiger partial charge on any atom is 0.248 e. The molecule has 112 valence electrons. The van der Waals surface area contributed by atoms with E-state index in [-0.39, 0.29) is 12.5 Å². The predicted molar refractivity (Wildman–Crippen MR) is 82.2 cm³/mol. The molecule has 1 saturated heterocycles. The van der Waals surface area contributed by atoms with E-state index in [1.807, 2.05) is 17.2 Å². The average molecular weight is 279 g/mol. The molecule has 0 atom stereocenters. The van der Waals surface area contributed by atoms with Crippen molar-refractivity contribution < 1.29 is 9.53 Å². The first-order valence-electron chi connectivity index (χ1n) is 6.92. The summed E-state index contributed by atoms with van der Waals surface area (Å²) in [7, 11) is 3.33. The summed E-state index contributed by atoms with van der Waals surface area (Å²) in [5.41, 5.74) is 1.21. The number of amides is 1. The lowest BCUT2D eigenvalue weighted by molar-refractivity contribution is -0.136. The number of allylic oxidation sites excluding steroid dienone is 1. The van der Waals surface area contributed by atoms with E-state index in [4.69, 9.17) is 4.74 Å². The summed E-state index contributed by atoms with van der Waals surface area (Å²) < 4.78 is 4.88. The van der Waals surface area contributed by atoms with E-state index in [2.05, 4.69) is 22.5 Å². The smallest absolute Gasteiger partial charge is 0.248 e.